The fourth-order valence-corrected chi connectivity index (χ4v) is 5.04. The second kappa shape index (κ2) is 6.79. The molecule has 0 N–H and O–H groups in total. The van der Waals surface area contributed by atoms with Gasteiger partial charge in [0.25, 0.3) is 0 Å². The molecule has 0 saturated carbocycles. The summed E-state index contributed by atoms with van der Waals surface area (Å²) in [6, 6.07) is 1.88. The summed E-state index contributed by atoms with van der Waals surface area (Å²) in [5.41, 5.74) is 0. The lowest BCUT2D eigenvalue weighted by Gasteiger charge is -2.34. The van der Waals surface area contributed by atoms with Crippen LogP contribution in [0.25, 0.3) is 0 Å². The van der Waals surface area contributed by atoms with Crippen LogP contribution in [-0.4, -0.2) is 48.6 Å². The number of hydrogen-bond donors (Lipinski definition) is 0. The maximum absolute atomic E-state index is 2.61. The summed E-state index contributed by atoms with van der Waals surface area (Å²) < 4.78 is 0. The molecule has 118 valence electrons. The van der Waals surface area contributed by atoms with Crippen molar-refractivity contribution in [3.05, 3.63) is 0 Å². The third kappa shape index (κ3) is 3.57. The molecule has 0 spiro atoms. The lowest BCUT2D eigenvalue weighted by Crippen LogP contribution is -2.39. The number of hydrogen-bond acceptors (Lipinski definition) is 2. The second-order valence-corrected chi connectivity index (χ2v) is 7.88. The molecule has 4 rings (SSSR count). The van der Waals surface area contributed by atoms with Gasteiger partial charge in [0.2, 0.25) is 0 Å². The van der Waals surface area contributed by atoms with Crippen molar-refractivity contribution in [2.24, 2.45) is 17.8 Å². The van der Waals surface area contributed by atoms with Crippen molar-refractivity contribution in [2.75, 3.05) is 26.7 Å². The maximum atomic E-state index is 2.61. The van der Waals surface area contributed by atoms with E-state index in [0.717, 1.165) is 29.8 Å². The zero-order valence-electron chi connectivity index (χ0n) is 13.1. The molecule has 2 nitrogen and oxygen atoms in total. The van der Waals surface area contributed by atoms with Crippen molar-refractivity contribution in [3.8, 4) is 0 Å². The first-order valence-corrected chi connectivity index (χ1v) is 8.56. The van der Waals surface area contributed by atoms with Gasteiger partial charge in [0.05, 0.1) is 0 Å². The maximum Gasteiger partial charge on any atom is 0.00982 e. The van der Waals surface area contributed by atoms with Crippen LogP contribution in [0.2, 0.25) is 0 Å². The molecule has 2 heteroatoms. The molecule has 5 unspecified atom stereocenters. The largest absolute Gasteiger partial charge is 0.303 e. The van der Waals surface area contributed by atoms with Crippen LogP contribution in [0.4, 0.5) is 0 Å². The zero-order valence-corrected chi connectivity index (χ0v) is 13.1. The SMILES string of the molecule is C.CC1CC2CCC(C1)N2C.CC1CC2CCN(C1)C2. The molecule has 0 aliphatic carbocycles. The van der Waals surface area contributed by atoms with Crippen LogP contribution < -0.4 is 0 Å². The summed E-state index contributed by atoms with van der Waals surface area (Å²) in [6.45, 7) is 8.94. The van der Waals surface area contributed by atoms with Crippen molar-refractivity contribution in [3.63, 3.8) is 0 Å². The highest BCUT2D eigenvalue weighted by Gasteiger charge is 2.36. The van der Waals surface area contributed by atoms with Crippen molar-refractivity contribution < 1.29 is 0 Å². The molecular formula is C18H36N2. The number of rotatable bonds is 0. The summed E-state index contributed by atoms with van der Waals surface area (Å²) in [7, 11) is 2.30. The minimum atomic E-state index is 0. The summed E-state index contributed by atoms with van der Waals surface area (Å²) in [5, 5.41) is 0. The van der Waals surface area contributed by atoms with E-state index in [2.05, 4.69) is 30.7 Å². The topological polar surface area (TPSA) is 6.48 Å². The summed E-state index contributed by atoms with van der Waals surface area (Å²) in [5.74, 6) is 3.04. The molecule has 0 aromatic carbocycles. The molecular weight excluding hydrogens is 244 g/mol. The van der Waals surface area contributed by atoms with Gasteiger partial charge in [-0.25, -0.2) is 0 Å². The Balaban J connectivity index is 0.000000141. The smallest absolute Gasteiger partial charge is 0.00982 e. The summed E-state index contributed by atoms with van der Waals surface area (Å²) in [4.78, 5) is 5.21. The van der Waals surface area contributed by atoms with E-state index < -0.39 is 0 Å². The molecule has 4 bridgehead atoms. The molecule has 0 aromatic rings. The average Bonchev–Trinajstić information content (AvgIpc) is 2.79. The van der Waals surface area contributed by atoms with Gasteiger partial charge in [-0.3, -0.25) is 0 Å². The molecule has 4 aliphatic rings. The third-order valence-electron chi connectivity index (χ3n) is 6.01. The van der Waals surface area contributed by atoms with Gasteiger partial charge in [-0.05, 0) is 69.9 Å². The standard InChI is InChI=1S/C9H17N.C8H15N.CH4/c1-7-5-8-3-4-9(6-7)10(8)2;1-7-4-8-2-3-9(5-7)6-8;/h7-9H,3-6H2,1-2H3;7-8H,2-6H2,1H3;1H4. The van der Waals surface area contributed by atoms with Crippen LogP contribution in [0.5, 0.6) is 0 Å². The van der Waals surface area contributed by atoms with Crippen LogP contribution in [0, 0.1) is 17.8 Å². The predicted molar refractivity (Wildman–Crippen MR) is 88.0 cm³/mol. The van der Waals surface area contributed by atoms with Gasteiger partial charge in [0, 0.05) is 25.2 Å². The molecule has 5 atom stereocenters. The van der Waals surface area contributed by atoms with Gasteiger partial charge in [-0.2, -0.15) is 0 Å². The molecule has 4 heterocycles. The Morgan fingerprint density at radius 2 is 1.45 bits per heavy atom. The summed E-state index contributed by atoms with van der Waals surface area (Å²) in [6.07, 6.45) is 8.80. The van der Waals surface area contributed by atoms with Crippen LogP contribution >= 0.6 is 0 Å². The van der Waals surface area contributed by atoms with E-state index in [1.807, 2.05) is 0 Å². The first-order chi connectivity index (χ1) is 9.11. The van der Waals surface area contributed by atoms with E-state index in [1.165, 1.54) is 58.2 Å². The first kappa shape index (κ1) is 16.3. The zero-order chi connectivity index (χ0) is 13.4. The van der Waals surface area contributed by atoms with E-state index >= 15 is 0 Å². The van der Waals surface area contributed by atoms with Gasteiger partial charge in [-0.1, -0.05) is 21.3 Å². The van der Waals surface area contributed by atoms with Crippen LogP contribution in [-0.2, 0) is 0 Å². The van der Waals surface area contributed by atoms with Crippen molar-refractivity contribution in [1.29, 1.82) is 0 Å². The average molecular weight is 281 g/mol. The normalized spacial score (nSPS) is 46.4. The van der Waals surface area contributed by atoms with E-state index in [-0.39, 0.29) is 7.43 Å². The monoisotopic (exact) mass is 280 g/mol. The van der Waals surface area contributed by atoms with Gasteiger partial charge >= 0.3 is 0 Å². The Hall–Kier alpha value is -0.0800. The van der Waals surface area contributed by atoms with E-state index in [9.17, 15) is 0 Å². The van der Waals surface area contributed by atoms with Crippen molar-refractivity contribution in [2.45, 2.75) is 71.9 Å². The molecule has 20 heavy (non-hydrogen) atoms. The molecule has 0 radical (unpaired) electrons. The Kier molecular flexibility index (Phi) is 5.53. The van der Waals surface area contributed by atoms with Gasteiger partial charge in [0.1, 0.15) is 0 Å². The second-order valence-electron chi connectivity index (χ2n) is 7.88. The number of piperidine rings is 2. The Bertz CT molecular complexity index is 278. The lowest BCUT2D eigenvalue weighted by atomic mass is 9.93. The highest BCUT2D eigenvalue weighted by atomic mass is 15.2. The molecule has 4 saturated heterocycles. The lowest BCUT2D eigenvalue weighted by molar-refractivity contribution is 0.142. The molecule has 4 fully saturated rings. The minimum Gasteiger partial charge on any atom is -0.303 e. The molecule has 0 amide bonds. The Morgan fingerprint density at radius 3 is 2.05 bits per heavy atom. The predicted octanol–water partition coefficient (Wildman–Crippen LogP) is 3.86. The Morgan fingerprint density at radius 1 is 0.800 bits per heavy atom. The number of nitrogens with zero attached hydrogens (tertiary/aromatic N) is 2. The quantitative estimate of drug-likeness (QED) is 0.665. The van der Waals surface area contributed by atoms with E-state index in [0.29, 0.717) is 0 Å². The van der Waals surface area contributed by atoms with E-state index in [4.69, 9.17) is 0 Å². The fraction of sp³-hybridized carbons (Fsp3) is 1.00. The van der Waals surface area contributed by atoms with Gasteiger partial charge < -0.3 is 9.80 Å². The summed E-state index contributed by atoms with van der Waals surface area (Å²) >= 11 is 0. The molecule has 4 aliphatic heterocycles. The fourth-order valence-electron chi connectivity index (χ4n) is 5.04. The minimum absolute atomic E-state index is 0. The van der Waals surface area contributed by atoms with Crippen LogP contribution in [0.15, 0.2) is 0 Å². The molecule has 0 aromatic heterocycles. The number of fused-ring (bicyclic) bond motifs is 4. The highest BCUT2D eigenvalue weighted by Crippen LogP contribution is 2.36. The van der Waals surface area contributed by atoms with Gasteiger partial charge in [0.15, 0.2) is 0 Å². The van der Waals surface area contributed by atoms with Crippen LogP contribution in [0.3, 0.4) is 0 Å². The third-order valence-corrected chi connectivity index (χ3v) is 6.01. The van der Waals surface area contributed by atoms with Crippen molar-refractivity contribution >= 4 is 0 Å². The highest BCUT2D eigenvalue weighted by molar-refractivity contribution is 4.91. The van der Waals surface area contributed by atoms with Gasteiger partial charge in [-0.15, -0.1) is 0 Å². The van der Waals surface area contributed by atoms with E-state index in [1.54, 1.807) is 0 Å². The van der Waals surface area contributed by atoms with Crippen molar-refractivity contribution in [1.82, 2.24) is 9.80 Å². The first-order valence-electron chi connectivity index (χ1n) is 8.56. The Labute approximate surface area is 126 Å². The van der Waals surface area contributed by atoms with Crippen LogP contribution in [0.1, 0.15) is 59.8 Å².